The van der Waals surface area contributed by atoms with E-state index < -0.39 is 6.16 Å². The Morgan fingerprint density at radius 2 is 0.939 bits per heavy atom. The van der Waals surface area contributed by atoms with Gasteiger partial charge in [-0.2, -0.15) is 0 Å². The van der Waals surface area contributed by atoms with Gasteiger partial charge in [-0.1, -0.05) is 98.8 Å². The minimum atomic E-state index is -1.51. The third-order valence-corrected chi connectivity index (χ3v) is 4.96. The highest BCUT2D eigenvalue weighted by atomic mass is 17.0. The highest BCUT2D eigenvalue weighted by Gasteiger charge is 2.35. The van der Waals surface area contributed by atoms with Gasteiger partial charge in [0.2, 0.25) is 0 Å². The Morgan fingerprint density at radius 1 is 0.545 bits per heavy atom. The molecule has 0 aliphatic rings. The van der Waals surface area contributed by atoms with E-state index in [2.05, 4.69) is 62.4 Å². The molecule has 2 aromatic rings. The molecule has 0 fully saturated rings. The monoisotopic (exact) mass is 452 g/mol. The zero-order valence-electron chi connectivity index (χ0n) is 20.3. The Morgan fingerprint density at radius 3 is 1.33 bits per heavy atom. The van der Waals surface area contributed by atoms with Crippen LogP contribution in [0, 0.1) is 0 Å². The molecule has 0 aliphatic carbocycles. The molecule has 0 bridgehead atoms. The molecule has 0 saturated carbocycles. The average Bonchev–Trinajstić information content (AvgIpc) is 2.85. The van der Waals surface area contributed by atoms with Crippen molar-refractivity contribution in [3.63, 3.8) is 0 Å². The molecule has 0 aromatic heterocycles. The Kier molecular flexibility index (Phi) is 14.1. The second-order valence-corrected chi connectivity index (χ2v) is 7.70. The van der Waals surface area contributed by atoms with E-state index in [9.17, 15) is 0 Å². The Labute approximate surface area is 200 Å². The molecule has 0 saturated heterocycles. The number of benzene rings is 2. The van der Waals surface area contributed by atoms with Crippen molar-refractivity contribution in [2.24, 2.45) is 0 Å². The zero-order valence-corrected chi connectivity index (χ0v) is 20.3. The fraction of sp³-hybridized carbons (Fsp3) is 0.448. The number of rotatable bonds is 18. The van der Waals surface area contributed by atoms with Gasteiger partial charge in [-0.3, -0.25) is 0 Å². The van der Waals surface area contributed by atoms with Crippen LogP contribution in [0.2, 0.25) is 0 Å². The molecule has 180 valence electrons. The Balaban J connectivity index is 2.03. The van der Waals surface area contributed by atoms with Crippen molar-refractivity contribution >= 4 is 0 Å². The van der Waals surface area contributed by atoms with E-state index >= 15 is 0 Å². The first kappa shape index (κ1) is 27.0. The second-order valence-electron chi connectivity index (χ2n) is 7.70. The summed E-state index contributed by atoms with van der Waals surface area (Å²) in [5, 5.41) is 0. The van der Waals surface area contributed by atoms with Crippen LogP contribution in [-0.2, 0) is 31.8 Å². The smallest absolute Gasteiger partial charge is 0.303 e. The number of allylic oxidation sites excluding steroid dienone is 2. The first-order valence-corrected chi connectivity index (χ1v) is 12.2. The van der Waals surface area contributed by atoms with Crippen molar-refractivity contribution in [2.75, 3.05) is 26.4 Å². The molecule has 2 aromatic carbocycles. The summed E-state index contributed by atoms with van der Waals surface area (Å²) in [6.07, 6.45) is 12.1. The first-order valence-electron chi connectivity index (χ1n) is 12.2. The van der Waals surface area contributed by atoms with Gasteiger partial charge in [0.1, 0.15) is 0 Å². The topological polar surface area (TPSA) is 36.9 Å². The van der Waals surface area contributed by atoms with E-state index in [1.54, 1.807) is 0 Å². The number of hydrogen-bond donors (Lipinski definition) is 0. The summed E-state index contributed by atoms with van der Waals surface area (Å²) >= 11 is 0. The number of hydrogen-bond acceptors (Lipinski definition) is 4. The van der Waals surface area contributed by atoms with Gasteiger partial charge in [0.25, 0.3) is 0 Å². The molecule has 33 heavy (non-hydrogen) atoms. The lowest BCUT2D eigenvalue weighted by molar-refractivity contribution is -0.498. The zero-order chi connectivity index (χ0) is 23.5. The molecule has 0 N–H and O–H groups in total. The van der Waals surface area contributed by atoms with Crippen LogP contribution in [0.1, 0.15) is 50.7 Å². The van der Waals surface area contributed by atoms with Crippen molar-refractivity contribution in [3.05, 3.63) is 96.1 Å². The minimum absolute atomic E-state index is 0.435. The SMILES string of the molecule is CC/C=C\CCOC(OCC/C=C\CC)(OCCc1ccccc1)OCCc1ccccc1. The molecule has 0 radical (unpaired) electrons. The predicted octanol–water partition coefficient (Wildman–Crippen LogP) is 6.86. The largest absolute Gasteiger partial charge is 0.412 e. The summed E-state index contributed by atoms with van der Waals surface area (Å²) in [7, 11) is 0. The van der Waals surface area contributed by atoms with Crippen molar-refractivity contribution in [3.8, 4) is 0 Å². The molecular formula is C29H40O4. The lowest BCUT2D eigenvalue weighted by Gasteiger charge is -2.32. The summed E-state index contributed by atoms with van der Waals surface area (Å²) in [6.45, 7) is 6.02. The highest BCUT2D eigenvalue weighted by molar-refractivity contribution is 5.15. The van der Waals surface area contributed by atoms with Gasteiger partial charge in [-0.25, -0.2) is 0 Å². The van der Waals surface area contributed by atoms with Crippen molar-refractivity contribution in [1.82, 2.24) is 0 Å². The van der Waals surface area contributed by atoms with Crippen LogP contribution in [0.25, 0.3) is 0 Å². The normalized spacial score (nSPS) is 12.2. The lowest BCUT2D eigenvalue weighted by atomic mass is 10.2. The van der Waals surface area contributed by atoms with Crippen molar-refractivity contribution in [1.29, 1.82) is 0 Å². The lowest BCUT2D eigenvalue weighted by Crippen LogP contribution is -2.44. The molecule has 0 atom stereocenters. The van der Waals surface area contributed by atoms with Gasteiger partial charge in [0.15, 0.2) is 0 Å². The van der Waals surface area contributed by atoms with Crippen LogP contribution in [0.15, 0.2) is 85.0 Å². The van der Waals surface area contributed by atoms with Gasteiger partial charge < -0.3 is 18.9 Å². The van der Waals surface area contributed by atoms with Gasteiger partial charge in [0.05, 0.1) is 26.4 Å². The van der Waals surface area contributed by atoms with Crippen molar-refractivity contribution < 1.29 is 18.9 Å². The molecule has 4 nitrogen and oxygen atoms in total. The molecule has 2 rings (SSSR count). The summed E-state index contributed by atoms with van der Waals surface area (Å²) in [5.74, 6) is 0. The van der Waals surface area contributed by atoms with E-state index in [1.807, 2.05) is 36.4 Å². The number of ether oxygens (including phenoxy) is 4. The molecule has 0 unspecified atom stereocenters. The molecule has 0 spiro atoms. The summed E-state index contributed by atoms with van der Waals surface area (Å²) < 4.78 is 24.6. The predicted molar refractivity (Wildman–Crippen MR) is 135 cm³/mol. The van der Waals surface area contributed by atoms with Gasteiger partial charge in [0, 0.05) is 0 Å². The molecular weight excluding hydrogens is 412 g/mol. The van der Waals surface area contributed by atoms with Crippen molar-refractivity contribution in [2.45, 2.75) is 58.5 Å². The maximum absolute atomic E-state index is 6.17. The third-order valence-electron chi connectivity index (χ3n) is 4.96. The fourth-order valence-electron chi connectivity index (χ4n) is 3.20. The van der Waals surface area contributed by atoms with E-state index in [4.69, 9.17) is 18.9 Å². The Hall–Kier alpha value is -2.24. The molecule has 4 heteroatoms. The van der Waals surface area contributed by atoms with E-state index in [1.165, 1.54) is 11.1 Å². The maximum Gasteiger partial charge on any atom is 0.412 e. The quantitative estimate of drug-likeness (QED) is 0.141. The Bertz CT molecular complexity index is 703. The van der Waals surface area contributed by atoms with Gasteiger partial charge in [-0.05, 0) is 49.7 Å². The van der Waals surface area contributed by atoms with Crippen LogP contribution in [0.4, 0.5) is 0 Å². The third kappa shape index (κ3) is 12.0. The van der Waals surface area contributed by atoms with E-state index in [0.717, 1.165) is 38.5 Å². The standard InChI is InChI=1S/C29H40O4/c1-3-5-7-15-23-30-29(31-24-16-8-6-4-2,32-25-21-27-17-11-9-12-18-27)33-26-22-28-19-13-10-14-20-28/h5-14,17-20H,3-4,15-16,21-26H2,1-2H3/b7-5-,8-6-. The van der Waals surface area contributed by atoms with Crippen LogP contribution < -0.4 is 0 Å². The van der Waals surface area contributed by atoms with Crippen LogP contribution in [0.5, 0.6) is 0 Å². The maximum atomic E-state index is 6.17. The van der Waals surface area contributed by atoms with Crippen LogP contribution >= 0.6 is 0 Å². The fourth-order valence-corrected chi connectivity index (χ4v) is 3.20. The highest BCUT2D eigenvalue weighted by Crippen LogP contribution is 2.21. The molecule has 0 heterocycles. The summed E-state index contributed by atoms with van der Waals surface area (Å²) in [5.41, 5.74) is 2.40. The van der Waals surface area contributed by atoms with E-state index in [-0.39, 0.29) is 0 Å². The minimum Gasteiger partial charge on any atom is -0.303 e. The molecule has 0 aliphatic heterocycles. The average molecular weight is 453 g/mol. The summed E-state index contributed by atoms with van der Waals surface area (Å²) in [6, 6.07) is 20.5. The molecule has 0 amide bonds. The first-order chi connectivity index (χ1) is 16.3. The van der Waals surface area contributed by atoms with E-state index in [0.29, 0.717) is 26.4 Å². The van der Waals surface area contributed by atoms with Crippen LogP contribution in [-0.4, -0.2) is 32.6 Å². The van der Waals surface area contributed by atoms with Gasteiger partial charge >= 0.3 is 6.16 Å². The van der Waals surface area contributed by atoms with Gasteiger partial charge in [-0.15, -0.1) is 0 Å². The van der Waals surface area contributed by atoms with Crippen LogP contribution in [0.3, 0.4) is 0 Å². The summed E-state index contributed by atoms with van der Waals surface area (Å²) in [4.78, 5) is 0. The second kappa shape index (κ2) is 17.3.